The van der Waals surface area contributed by atoms with E-state index in [2.05, 4.69) is 10.1 Å². The van der Waals surface area contributed by atoms with E-state index in [0.717, 1.165) is 0 Å². The van der Waals surface area contributed by atoms with E-state index >= 15 is 0 Å². The monoisotopic (exact) mass is 147 g/mol. The minimum atomic E-state index is -0.0781. The van der Waals surface area contributed by atoms with Crippen molar-refractivity contribution in [3.8, 4) is 6.07 Å². The smallest absolute Gasteiger partial charge is 0.205 e. The van der Waals surface area contributed by atoms with Gasteiger partial charge < -0.3 is 5.21 Å². The Morgan fingerprint density at radius 1 is 1.64 bits per heavy atom. The first kappa shape index (κ1) is 7.22. The van der Waals surface area contributed by atoms with Gasteiger partial charge in [-0.15, -0.1) is 0 Å². The van der Waals surface area contributed by atoms with E-state index in [0.29, 0.717) is 5.69 Å². The third-order valence-corrected chi connectivity index (χ3v) is 1.11. The third-order valence-electron chi connectivity index (χ3n) is 1.11. The summed E-state index contributed by atoms with van der Waals surface area (Å²) in [5, 5.41) is 19.5. The summed E-state index contributed by atoms with van der Waals surface area (Å²) in [6.07, 6.45) is 1.53. The van der Waals surface area contributed by atoms with Crippen LogP contribution in [0.5, 0.6) is 0 Å². The number of pyridine rings is 1. The van der Waals surface area contributed by atoms with Gasteiger partial charge >= 0.3 is 0 Å². The molecule has 0 saturated heterocycles. The molecule has 0 saturated carbocycles. The van der Waals surface area contributed by atoms with E-state index in [-0.39, 0.29) is 5.71 Å². The van der Waals surface area contributed by atoms with Crippen molar-refractivity contribution in [2.45, 2.75) is 0 Å². The van der Waals surface area contributed by atoms with Crippen molar-refractivity contribution in [2.24, 2.45) is 5.16 Å². The highest BCUT2D eigenvalue weighted by atomic mass is 16.4. The molecule has 1 N–H and O–H groups in total. The molecule has 0 bridgehead atoms. The molecule has 1 aromatic rings. The molecular weight excluding hydrogens is 142 g/mol. The van der Waals surface area contributed by atoms with Gasteiger partial charge in [-0.3, -0.25) is 4.98 Å². The lowest BCUT2D eigenvalue weighted by Gasteiger charge is -1.90. The maximum absolute atomic E-state index is 8.40. The maximum Gasteiger partial charge on any atom is 0.205 e. The minimum absolute atomic E-state index is 0.0781. The average Bonchev–Trinajstić information content (AvgIpc) is 2.09. The van der Waals surface area contributed by atoms with Gasteiger partial charge in [0.1, 0.15) is 11.8 Å². The van der Waals surface area contributed by atoms with E-state index in [1.54, 1.807) is 24.3 Å². The quantitative estimate of drug-likeness (QED) is 0.362. The number of aromatic nitrogens is 1. The normalized spacial score (nSPS) is 10.6. The Balaban J connectivity index is 3.05. The Morgan fingerprint density at radius 3 is 2.91 bits per heavy atom. The summed E-state index contributed by atoms with van der Waals surface area (Å²) in [5.74, 6) is 0. The predicted octanol–water partition coefficient (Wildman–Crippen LogP) is 0.783. The summed E-state index contributed by atoms with van der Waals surface area (Å²) in [4.78, 5) is 3.81. The highest BCUT2D eigenvalue weighted by molar-refractivity contribution is 6.09. The molecule has 1 heterocycles. The highest BCUT2D eigenvalue weighted by Crippen LogP contribution is 1.94. The largest absolute Gasteiger partial charge is 0.410 e. The SMILES string of the molecule is N#CC(=NO)c1ccccn1. The fourth-order valence-corrected chi connectivity index (χ4v) is 0.634. The van der Waals surface area contributed by atoms with Crippen LogP contribution in [-0.4, -0.2) is 15.9 Å². The fourth-order valence-electron chi connectivity index (χ4n) is 0.634. The molecule has 54 valence electrons. The Hall–Kier alpha value is -1.89. The first-order valence-electron chi connectivity index (χ1n) is 2.92. The molecule has 0 aliphatic carbocycles. The van der Waals surface area contributed by atoms with Crippen molar-refractivity contribution in [1.82, 2.24) is 4.98 Å². The van der Waals surface area contributed by atoms with E-state index in [1.807, 2.05) is 0 Å². The number of oxime groups is 1. The van der Waals surface area contributed by atoms with Crippen molar-refractivity contribution in [3.63, 3.8) is 0 Å². The summed E-state index contributed by atoms with van der Waals surface area (Å²) >= 11 is 0. The molecule has 4 heteroatoms. The molecule has 1 rings (SSSR count). The van der Waals surface area contributed by atoms with Crippen LogP contribution >= 0.6 is 0 Å². The zero-order valence-electron chi connectivity index (χ0n) is 5.60. The minimum Gasteiger partial charge on any atom is -0.410 e. The average molecular weight is 147 g/mol. The molecule has 0 aliphatic rings. The van der Waals surface area contributed by atoms with Crippen LogP contribution in [0.1, 0.15) is 5.69 Å². The van der Waals surface area contributed by atoms with Gasteiger partial charge in [-0.1, -0.05) is 11.2 Å². The van der Waals surface area contributed by atoms with Gasteiger partial charge in [0.2, 0.25) is 5.71 Å². The third kappa shape index (κ3) is 1.52. The van der Waals surface area contributed by atoms with Crippen LogP contribution in [0.15, 0.2) is 29.6 Å². The van der Waals surface area contributed by atoms with Gasteiger partial charge in [-0.05, 0) is 12.1 Å². The summed E-state index contributed by atoms with van der Waals surface area (Å²) in [6, 6.07) is 6.73. The molecule has 0 fully saturated rings. The molecule has 0 spiro atoms. The van der Waals surface area contributed by atoms with Gasteiger partial charge in [0.05, 0.1) is 0 Å². The molecule has 0 amide bonds. The topological polar surface area (TPSA) is 69.3 Å². The van der Waals surface area contributed by atoms with Crippen molar-refractivity contribution in [2.75, 3.05) is 0 Å². The van der Waals surface area contributed by atoms with Crippen LogP contribution in [-0.2, 0) is 0 Å². The molecule has 4 nitrogen and oxygen atoms in total. The van der Waals surface area contributed by atoms with Crippen LogP contribution < -0.4 is 0 Å². The second-order valence-corrected chi connectivity index (χ2v) is 1.78. The maximum atomic E-state index is 8.40. The molecule has 11 heavy (non-hydrogen) atoms. The van der Waals surface area contributed by atoms with Crippen molar-refractivity contribution in [1.29, 1.82) is 5.26 Å². The van der Waals surface area contributed by atoms with Crippen LogP contribution in [0.4, 0.5) is 0 Å². The number of hydrogen-bond acceptors (Lipinski definition) is 4. The fraction of sp³-hybridized carbons (Fsp3) is 0. The zero-order chi connectivity index (χ0) is 8.10. The van der Waals surface area contributed by atoms with E-state index in [9.17, 15) is 0 Å². The molecule has 0 radical (unpaired) electrons. The number of rotatable bonds is 1. The summed E-state index contributed by atoms with van der Waals surface area (Å²) in [5.41, 5.74) is 0.295. The van der Waals surface area contributed by atoms with E-state index in [1.165, 1.54) is 6.20 Å². The Morgan fingerprint density at radius 2 is 2.45 bits per heavy atom. The molecule has 1 aromatic heterocycles. The summed E-state index contributed by atoms with van der Waals surface area (Å²) < 4.78 is 0. The lowest BCUT2D eigenvalue weighted by molar-refractivity contribution is 0.320. The van der Waals surface area contributed by atoms with Crippen LogP contribution in [0, 0.1) is 11.3 Å². The second kappa shape index (κ2) is 3.32. The van der Waals surface area contributed by atoms with E-state index < -0.39 is 0 Å². The molecule has 0 aliphatic heterocycles. The molecule has 0 aromatic carbocycles. The van der Waals surface area contributed by atoms with Crippen molar-refractivity contribution < 1.29 is 5.21 Å². The first-order valence-corrected chi connectivity index (χ1v) is 2.92. The zero-order valence-corrected chi connectivity index (χ0v) is 5.60. The van der Waals surface area contributed by atoms with Crippen LogP contribution in [0.2, 0.25) is 0 Å². The lowest BCUT2D eigenvalue weighted by atomic mass is 10.2. The van der Waals surface area contributed by atoms with Crippen molar-refractivity contribution in [3.05, 3.63) is 30.1 Å². The van der Waals surface area contributed by atoms with Gasteiger partial charge in [-0.25, -0.2) is 0 Å². The van der Waals surface area contributed by atoms with Crippen LogP contribution in [0.3, 0.4) is 0 Å². The second-order valence-electron chi connectivity index (χ2n) is 1.78. The number of nitriles is 1. The predicted molar refractivity (Wildman–Crippen MR) is 38.2 cm³/mol. The highest BCUT2D eigenvalue weighted by Gasteiger charge is 2.01. The molecule has 0 unspecified atom stereocenters. The Bertz CT molecular complexity index is 299. The lowest BCUT2D eigenvalue weighted by Crippen LogP contribution is -1.98. The summed E-state index contributed by atoms with van der Waals surface area (Å²) in [6.45, 7) is 0. The number of hydrogen-bond donors (Lipinski definition) is 1. The first-order chi connectivity index (χ1) is 5.38. The van der Waals surface area contributed by atoms with E-state index in [4.69, 9.17) is 10.5 Å². The van der Waals surface area contributed by atoms with Gasteiger partial charge in [0.15, 0.2) is 0 Å². The van der Waals surface area contributed by atoms with Crippen molar-refractivity contribution >= 4 is 5.71 Å². The van der Waals surface area contributed by atoms with Gasteiger partial charge in [0, 0.05) is 6.20 Å². The van der Waals surface area contributed by atoms with Crippen LogP contribution in [0.25, 0.3) is 0 Å². The molecule has 0 atom stereocenters. The van der Waals surface area contributed by atoms with Gasteiger partial charge in [-0.2, -0.15) is 5.26 Å². The number of nitrogens with zero attached hydrogens (tertiary/aromatic N) is 3. The standard InChI is InChI=1S/C7H5N3O/c8-5-7(10-11)6-3-1-2-4-9-6/h1-4,11H. The Kier molecular flexibility index (Phi) is 2.18. The summed E-state index contributed by atoms with van der Waals surface area (Å²) in [7, 11) is 0. The Labute approximate surface area is 63.4 Å². The van der Waals surface area contributed by atoms with Gasteiger partial charge in [0.25, 0.3) is 0 Å². The molecular formula is C7H5N3O.